The van der Waals surface area contributed by atoms with Gasteiger partial charge in [0.15, 0.2) is 0 Å². The quantitative estimate of drug-likeness (QED) is 0.873. The highest BCUT2D eigenvalue weighted by Crippen LogP contribution is 2.28. The van der Waals surface area contributed by atoms with Crippen molar-refractivity contribution in [3.8, 4) is 11.1 Å². The number of carbonyl (C=O) groups excluding carboxylic acids is 1. The lowest BCUT2D eigenvalue weighted by Crippen LogP contribution is -2.53. The average molecular weight is 343 g/mol. The third-order valence-electron chi connectivity index (χ3n) is 4.85. The second kappa shape index (κ2) is 7.49. The number of piperidine rings is 1. The van der Waals surface area contributed by atoms with Crippen LogP contribution in [0.15, 0.2) is 41.8 Å². The van der Waals surface area contributed by atoms with Gasteiger partial charge in [-0.2, -0.15) is 0 Å². The predicted octanol–water partition coefficient (Wildman–Crippen LogP) is 4.41. The van der Waals surface area contributed by atoms with Crippen LogP contribution in [0.2, 0.25) is 0 Å². The maximum Gasteiger partial charge on any atom is 0.262 e. The molecule has 0 atom stereocenters. The minimum absolute atomic E-state index is 0.000248. The lowest BCUT2D eigenvalue weighted by Gasteiger charge is -2.41. The predicted molar refractivity (Wildman–Crippen MR) is 102 cm³/mol. The number of hydrogen-bond acceptors (Lipinski definition) is 3. The SMILES string of the molecule is CC(C)(CNC(=O)c1sccc1-c1ccccc1)N1CCCCC1. The topological polar surface area (TPSA) is 32.3 Å². The van der Waals surface area contributed by atoms with E-state index in [0.29, 0.717) is 6.54 Å². The molecule has 4 heteroatoms. The third kappa shape index (κ3) is 3.87. The smallest absolute Gasteiger partial charge is 0.262 e. The van der Waals surface area contributed by atoms with Crippen LogP contribution in [-0.4, -0.2) is 36.0 Å². The monoisotopic (exact) mass is 342 g/mol. The maximum atomic E-state index is 12.7. The normalized spacial score (nSPS) is 16.1. The number of thiophene rings is 1. The second-order valence-corrected chi connectivity index (χ2v) is 7.99. The van der Waals surface area contributed by atoms with Crippen molar-refractivity contribution in [2.75, 3.05) is 19.6 Å². The number of amides is 1. The Kier molecular flexibility index (Phi) is 5.36. The van der Waals surface area contributed by atoms with Crippen LogP contribution in [0.3, 0.4) is 0 Å². The third-order valence-corrected chi connectivity index (χ3v) is 5.76. The Morgan fingerprint density at radius 3 is 2.54 bits per heavy atom. The van der Waals surface area contributed by atoms with Crippen molar-refractivity contribution in [2.45, 2.75) is 38.6 Å². The van der Waals surface area contributed by atoms with E-state index in [1.54, 1.807) is 0 Å². The number of nitrogens with one attached hydrogen (secondary N) is 1. The zero-order valence-corrected chi connectivity index (χ0v) is 15.4. The van der Waals surface area contributed by atoms with E-state index in [-0.39, 0.29) is 11.4 Å². The van der Waals surface area contributed by atoms with E-state index in [0.717, 1.165) is 29.1 Å². The van der Waals surface area contributed by atoms with Gasteiger partial charge in [0.2, 0.25) is 0 Å². The first-order chi connectivity index (χ1) is 11.6. The van der Waals surface area contributed by atoms with Gasteiger partial charge in [0.25, 0.3) is 5.91 Å². The molecule has 2 heterocycles. The van der Waals surface area contributed by atoms with Gasteiger partial charge in [-0.15, -0.1) is 11.3 Å². The molecular formula is C20H26N2OS. The first kappa shape index (κ1) is 17.2. The Bertz CT molecular complexity index is 672. The summed E-state index contributed by atoms with van der Waals surface area (Å²) in [6, 6.07) is 12.1. The van der Waals surface area contributed by atoms with Crippen molar-refractivity contribution < 1.29 is 4.79 Å². The molecule has 1 fully saturated rings. The number of likely N-dealkylation sites (tertiary alicyclic amines) is 1. The van der Waals surface area contributed by atoms with Crippen LogP contribution >= 0.6 is 11.3 Å². The minimum Gasteiger partial charge on any atom is -0.349 e. The molecule has 0 radical (unpaired) electrons. The lowest BCUT2D eigenvalue weighted by atomic mass is 9.98. The number of carbonyl (C=O) groups is 1. The van der Waals surface area contributed by atoms with Gasteiger partial charge in [0.1, 0.15) is 0 Å². The fourth-order valence-electron chi connectivity index (χ4n) is 3.32. The summed E-state index contributed by atoms with van der Waals surface area (Å²) in [6.07, 6.45) is 3.86. The highest BCUT2D eigenvalue weighted by atomic mass is 32.1. The Hall–Kier alpha value is -1.65. The van der Waals surface area contributed by atoms with Crippen LogP contribution in [0.1, 0.15) is 42.8 Å². The number of rotatable bonds is 5. The van der Waals surface area contributed by atoms with Crippen LogP contribution in [0, 0.1) is 0 Å². The van der Waals surface area contributed by atoms with E-state index in [2.05, 4.69) is 36.2 Å². The highest BCUT2D eigenvalue weighted by Gasteiger charge is 2.28. The molecule has 1 aliphatic rings. The van der Waals surface area contributed by atoms with Gasteiger partial charge in [-0.05, 0) is 56.8 Å². The molecule has 24 heavy (non-hydrogen) atoms. The van der Waals surface area contributed by atoms with Crippen LogP contribution in [0.25, 0.3) is 11.1 Å². The van der Waals surface area contributed by atoms with Gasteiger partial charge in [0, 0.05) is 17.6 Å². The molecule has 1 aromatic carbocycles. The summed E-state index contributed by atoms with van der Waals surface area (Å²) in [4.78, 5) is 16.0. The number of benzene rings is 1. The minimum atomic E-state index is 0.000248. The molecule has 1 N–H and O–H groups in total. The van der Waals surface area contributed by atoms with Crippen LogP contribution in [0.4, 0.5) is 0 Å². The Morgan fingerprint density at radius 2 is 1.83 bits per heavy atom. The van der Waals surface area contributed by atoms with E-state index < -0.39 is 0 Å². The van der Waals surface area contributed by atoms with Gasteiger partial charge < -0.3 is 5.32 Å². The molecule has 1 aromatic heterocycles. The second-order valence-electron chi connectivity index (χ2n) is 7.07. The highest BCUT2D eigenvalue weighted by molar-refractivity contribution is 7.12. The summed E-state index contributed by atoms with van der Waals surface area (Å²) in [5.41, 5.74) is 2.12. The van der Waals surface area contributed by atoms with Gasteiger partial charge in [-0.3, -0.25) is 9.69 Å². The number of nitrogens with zero attached hydrogens (tertiary/aromatic N) is 1. The van der Waals surface area contributed by atoms with Gasteiger partial charge in [-0.25, -0.2) is 0 Å². The number of hydrogen-bond donors (Lipinski definition) is 1. The fourth-order valence-corrected chi connectivity index (χ4v) is 4.15. The first-order valence-electron chi connectivity index (χ1n) is 8.74. The molecule has 0 aliphatic carbocycles. The van der Waals surface area contributed by atoms with E-state index >= 15 is 0 Å². The fraction of sp³-hybridized carbons (Fsp3) is 0.450. The summed E-state index contributed by atoms with van der Waals surface area (Å²) >= 11 is 1.51. The van der Waals surface area contributed by atoms with Crippen molar-refractivity contribution in [1.29, 1.82) is 0 Å². The van der Waals surface area contributed by atoms with Crippen molar-refractivity contribution in [2.24, 2.45) is 0 Å². The van der Waals surface area contributed by atoms with Crippen LogP contribution in [-0.2, 0) is 0 Å². The van der Waals surface area contributed by atoms with Gasteiger partial charge in [0.05, 0.1) is 4.88 Å². The average Bonchev–Trinajstić information content (AvgIpc) is 3.11. The standard InChI is InChI=1S/C20H26N2OS/c1-20(2,22-12-7-4-8-13-22)15-21-19(23)18-17(11-14-24-18)16-9-5-3-6-10-16/h3,5-6,9-11,14H,4,7-8,12-13,15H2,1-2H3,(H,21,23). The van der Waals surface area contributed by atoms with Gasteiger partial charge in [-0.1, -0.05) is 36.8 Å². The first-order valence-corrected chi connectivity index (χ1v) is 9.62. The summed E-state index contributed by atoms with van der Waals surface area (Å²) in [5.74, 6) is 0.0361. The molecular weight excluding hydrogens is 316 g/mol. The molecule has 0 spiro atoms. The molecule has 3 nitrogen and oxygen atoms in total. The summed E-state index contributed by atoms with van der Waals surface area (Å²) in [7, 11) is 0. The zero-order chi connectivity index (χ0) is 17.0. The van der Waals surface area contributed by atoms with Crippen LogP contribution in [0.5, 0.6) is 0 Å². The summed E-state index contributed by atoms with van der Waals surface area (Å²) in [6.45, 7) is 7.41. The molecule has 2 aromatic rings. The van der Waals surface area contributed by atoms with Crippen LogP contribution < -0.4 is 5.32 Å². The van der Waals surface area contributed by atoms with E-state index in [1.807, 2.05) is 29.6 Å². The largest absolute Gasteiger partial charge is 0.349 e. The molecule has 1 saturated heterocycles. The molecule has 1 aliphatic heterocycles. The molecule has 128 valence electrons. The molecule has 1 amide bonds. The van der Waals surface area contributed by atoms with Crippen molar-refractivity contribution in [1.82, 2.24) is 10.2 Å². The molecule has 3 rings (SSSR count). The van der Waals surface area contributed by atoms with E-state index in [1.165, 1.54) is 30.6 Å². The van der Waals surface area contributed by atoms with Crippen molar-refractivity contribution in [3.63, 3.8) is 0 Å². The Morgan fingerprint density at radius 1 is 1.12 bits per heavy atom. The lowest BCUT2D eigenvalue weighted by molar-refractivity contribution is 0.0800. The van der Waals surface area contributed by atoms with Crippen molar-refractivity contribution >= 4 is 17.2 Å². The van der Waals surface area contributed by atoms with Crippen molar-refractivity contribution in [3.05, 3.63) is 46.7 Å². The zero-order valence-electron chi connectivity index (χ0n) is 14.5. The van der Waals surface area contributed by atoms with E-state index in [9.17, 15) is 4.79 Å². The molecule has 0 saturated carbocycles. The maximum absolute atomic E-state index is 12.7. The van der Waals surface area contributed by atoms with E-state index in [4.69, 9.17) is 0 Å². The molecule has 0 bridgehead atoms. The Balaban J connectivity index is 1.67. The molecule has 0 unspecified atom stereocenters. The van der Waals surface area contributed by atoms with Gasteiger partial charge >= 0.3 is 0 Å². The summed E-state index contributed by atoms with van der Waals surface area (Å²) < 4.78 is 0. The summed E-state index contributed by atoms with van der Waals surface area (Å²) in [5, 5.41) is 5.16. The Labute approximate surface area is 148 Å².